The smallest absolute Gasteiger partial charge is 0.337 e. The highest BCUT2D eigenvalue weighted by Crippen LogP contribution is 2.41. The van der Waals surface area contributed by atoms with Crippen LogP contribution in [0.15, 0.2) is 42.5 Å². The number of primary amides is 1. The van der Waals surface area contributed by atoms with Gasteiger partial charge in [-0.15, -0.1) is 0 Å². The maximum atomic E-state index is 12.3. The number of esters is 1. The van der Waals surface area contributed by atoms with Gasteiger partial charge in [-0.05, 0) is 41.8 Å². The number of anilines is 1. The van der Waals surface area contributed by atoms with Crippen LogP contribution in [0.25, 0.3) is 0 Å². The number of fused-ring (bicyclic) bond motifs is 1. The summed E-state index contributed by atoms with van der Waals surface area (Å²) in [7, 11) is 1.34. The van der Waals surface area contributed by atoms with Gasteiger partial charge >= 0.3 is 5.97 Å². The Kier molecular flexibility index (Phi) is 4.25. The molecule has 0 saturated carbocycles. The van der Waals surface area contributed by atoms with Crippen molar-refractivity contribution in [2.24, 2.45) is 5.73 Å². The number of amides is 1. The minimum absolute atomic E-state index is 0.0645. The van der Waals surface area contributed by atoms with E-state index in [1.165, 1.54) is 7.11 Å². The van der Waals surface area contributed by atoms with Gasteiger partial charge in [-0.25, -0.2) is 4.79 Å². The number of carbonyl (C=O) groups is 2. The number of hydrogen-bond donors (Lipinski definition) is 2. The first-order valence-electron chi connectivity index (χ1n) is 7.84. The summed E-state index contributed by atoms with van der Waals surface area (Å²) in [4.78, 5) is 24.1. The Morgan fingerprint density at radius 3 is 2.71 bits per heavy atom. The van der Waals surface area contributed by atoms with Gasteiger partial charge in [0, 0.05) is 18.2 Å². The minimum atomic E-state index is -0.509. The van der Waals surface area contributed by atoms with Crippen LogP contribution in [0.3, 0.4) is 0 Å². The molecule has 1 aliphatic rings. The van der Waals surface area contributed by atoms with Crippen molar-refractivity contribution in [3.05, 3.63) is 64.7 Å². The van der Waals surface area contributed by atoms with Crippen LogP contribution in [0.2, 0.25) is 0 Å². The van der Waals surface area contributed by atoms with Crippen LogP contribution >= 0.6 is 0 Å². The second-order valence-electron chi connectivity index (χ2n) is 6.02. The van der Waals surface area contributed by atoms with Crippen molar-refractivity contribution in [2.45, 2.75) is 18.8 Å². The molecule has 3 N–H and O–H groups in total. The first-order valence-corrected chi connectivity index (χ1v) is 7.84. The van der Waals surface area contributed by atoms with Crippen molar-refractivity contribution in [3.8, 4) is 0 Å². The molecule has 2 unspecified atom stereocenters. The SMILES string of the molecule is COC(=O)c1ccc(C)c(C(C(N)=O)C2CNc3ccccc32)c1. The number of hydrogen-bond acceptors (Lipinski definition) is 4. The zero-order chi connectivity index (χ0) is 17.3. The predicted octanol–water partition coefficient (Wildman–Crippen LogP) is 2.56. The number of methoxy groups -OCH3 is 1. The second-order valence-corrected chi connectivity index (χ2v) is 6.02. The van der Waals surface area contributed by atoms with Gasteiger partial charge < -0.3 is 15.8 Å². The van der Waals surface area contributed by atoms with Gasteiger partial charge in [-0.2, -0.15) is 0 Å². The molecule has 0 aliphatic carbocycles. The second kappa shape index (κ2) is 6.35. The van der Waals surface area contributed by atoms with E-state index >= 15 is 0 Å². The Balaban J connectivity index is 2.07. The average Bonchev–Trinajstić information content (AvgIpc) is 3.00. The Morgan fingerprint density at radius 2 is 2.00 bits per heavy atom. The van der Waals surface area contributed by atoms with E-state index in [-0.39, 0.29) is 5.92 Å². The average molecular weight is 324 g/mol. The lowest BCUT2D eigenvalue weighted by molar-refractivity contribution is -0.119. The molecule has 0 fully saturated rings. The molecule has 0 saturated heterocycles. The summed E-state index contributed by atoms with van der Waals surface area (Å²) < 4.78 is 4.79. The van der Waals surface area contributed by atoms with Crippen LogP contribution in [0.4, 0.5) is 5.69 Å². The van der Waals surface area contributed by atoms with E-state index in [0.717, 1.165) is 22.4 Å². The Hall–Kier alpha value is -2.82. The standard InChI is InChI=1S/C19H20N2O3/c1-11-7-8-12(19(23)24-2)9-14(11)17(18(20)22)15-10-21-16-6-4-3-5-13(15)16/h3-9,15,17,21H,10H2,1-2H3,(H2,20,22). The maximum Gasteiger partial charge on any atom is 0.337 e. The molecular weight excluding hydrogens is 304 g/mol. The van der Waals surface area contributed by atoms with E-state index in [4.69, 9.17) is 10.5 Å². The number of nitrogens with two attached hydrogens (primary N) is 1. The predicted molar refractivity (Wildman–Crippen MR) is 92.1 cm³/mol. The third-order valence-corrected chi connectivity index (χ3v) is 4.62. The van der Waals surface area contributed by atoms with Crippen molar-refractivity contribution in [3.63, 3.8) is 0 Å². The summed E-state index contributed by atoms with van der Waals surface area (Å²) in [5.41, 5.74) is 9.97. The summed E-state index contributed by atoms with van der Waals surface area (Å²) >= 11 is 0. The van der Waals surface area contributed by atoms with Crippen LogP contribution in [-0.4, -0.2) is 25.5 Å². The van der Waals surface area contributed by atoms with Gasteiger partial charge in [0.1, 0.15) is 0 Å². The molecular formula is C19H20N2O3. The molecule has 2 aromatic rings. The lowest BCUT2D eigenvalue weighted by atomic mass is 9.80. The van der Waals surface area contributed by atoms with Crippen molar-refractivity contribution in [1.29, 1.82) is 0 Å². The first kappa shape index (κ1) is 16.1. The molecule has 1 heterocycles. The van der Waals surface area contributed by atoms with Crippen molar-refractivity contribution in [2.75, 3.05) is 19.0 Å². The normalized spacial score (nSPS) is 16.8. The van der Waals surface area contributed by atoms with Gasteiger partial charge in [-0.3, -0.25) is 4.79 Å². The first-order chi connectivity index (χ1) is 11.5. The zero-order valence-electron chi connectivity index (χ0n) is 13.7. The largest absolute Gasteiger partial charge is 0.465 e. The van der Waals surface area contributed by atoms with Crippen molar-refractivity contribution in [1.82, 2.24) is 0 Å². The molecule has 0 bridgehead atoms. The van der Waals surface area contributed by atoms with E-state index in [9.17, 15) is 9.59 Å². The molecule has 3 rings (SSSR count). The van der Waals surface area contributed by atoms with Gasteiger partial charge in [0.15, 0.2) is 0 Å². The summed E-state index contributed by atoms with van der Waals surface area (Å²) in [5, 5.41) is 3.32. The highest BCUT2D eigenvalue weighted by atomic mass is 16.5. The summed E-state index contributed by atoms with van der Waals surface area (Å²) in [5.74, 6) is -1.40. The van der Waals surface area contributed by atoms with Crippen LogP contribution in [-0.2, 0) is 9.53 Å². The number of ether oxygens (including phenoxy) is 1. The monoisotopic (exact) mass is 324 g/mol. The minimum Gasteiger partial charge on any atom is -0.465 e. The van der Waals surface area contributed by atoms with Gasteiger partial charge in [0.2, 0.25) is 5.91 Å². The number of para-hydroxylation sites is 1. The fourth-order valence-corrected chi connectivity index (χ4v) is 3.40. The number of carbonyl (C=O) groups excluding carboxylic acids is 2. The highest BCUT2D eigenvalue weighted by molar-refractivity contribution is 5.91. The molecule has 124 valence electrons. The molecule has 1 aliphatic heterocycles. The number of aryl methyl sites for hydroxylation is 1. The van der Waals surface area contributed by atoms with Gasteiger partial charge in [0.25, 0.3) is 0 Å². The molecule has 2 aromatic carbocycles. The fraction of sp³-hybridized carbons (Fsp3) is 0.263. The number of rotatable bonds is 4. The Morgan fingerprint density at radius 1 is 1.25 bits per heavy atom. The number of benzene rings is 2. The van der Waals surface area contributed by atoms with Crippen molar-refractivity contribution < 1.29 is 14.3 Å². The molecule has 24 heavy (non-hydrogen) atoms. The van der Waals surface area contributed by atoms with Crippen LogP contribution in [0, 0.1) is 6.92 Å². The van der Waals surface area contributed by atoms with Gasteiger partial charge in [0.05, 0.1) is 18.6 Å². The third-order valence-electron chi connectivity index (χ3n) is 4.62. The van der Waals surface area contributed by atoms with Crippen molar-refractivity contribution >= 4 is 17.6 Å². The Labute approximate surface area is 140 Å². The van der Waals surface area contributed by atoms with E-state index in [0.29, 0.717) is 12.1 Å². The lowest BCUT2D eigenvalue weighted by Crippen LogP contribution is -2.29. The zero-order valence-corrected chi connectivity index (χ0v) is 13.7. The summed E-state index contributed by atoms with van der Waals surface area (Å²) in [6.45, 7) is 2.55. The summed E-state index contributed by atoms with van der Waals surface area (Å²) in [6, 6.07) is 13.2. The maximum absolute atomic E-state index is 12.3. The topological polar surface area (TPSA) is 81.4 Å². The van der Waals surface area contributed by atoms with Gasteiger partial charge in [-0.1, -0.05) is 24.3 Å². The van der Waals surface area contributed by atoms with E-state index in [2.05, 4.69) is 5.32 Å². The molecule has 0 aromatic heterocycles. The van der Waals surface area contributed by atoms with Crippen LogP contribution < -0.4 is 11.1 Å². The molecule has 5 heteroatoms. The molecule has 5 nitrogen and oxygen atoms in total. The summed E-state index contributed by atoms with van der Waals surface area (Å²) in [6.07, 6.45) is 0. The molecule has 2 atom stereocenters. The quantitative estimate of drug-likeness (QED) is 0.847. The highest BCUT2D eigenvalue weighted by Gasteiger charge is 2.35. The lowest BCUT2D eigenvalue weighted by Gasteiger charge is -2.23. The molecule has 0 spiro atoms. The third kappa shape index (κ3) is 2.73. The van der Waals surface area contributed by atoms with Crippen LogP contribution in [0.5, 0.6) is 0 Å². The fourth-order valence-electron chi connectivity index (χ4n) is 3.40. The van der Waals surface area contributed by atoms with E-state index in [1.54, 1.807) is 12.1 Å². The van der Waals surface area contributed by atoms with Crippen LogP contribution in [0.1, 0.15) is 38.9 Å². The number of nitrogens with one attached hydrogen (secondary N) is 1. The Bertz CT molecular complexity index is 801. The van der Waals surface area contributed by atoms with E-state index < -0.39 is 17.8 Å². The van der Waals surface area contributed by atoms with E-state index in [1.807, 2.05) is 37.3 Å². The molecule has 0 radical (unpaired) electrons. The molecule has 1 amide bonds.